The summed E-state index contributed by atoms with van der Waals surface area (Å²) in [7, 11) is 0. The lowest BCUT2D eigenvalue weighted by molar-refractivity contribution is 0.629. The molecule has 0 radical (unpaired) electrons. The normalized spacial score (nSPS) is 13.5. The van der Waals surface area contributed by atoms with Gasteiger partial charge < -0.3 is 5.32 Å². The monoisotopic (exact) mass is 247 g/mol. The number of rotatable bonds is 1. The lowest BCUT2D eigenvalue weighted by Gasteiger charge is -2.08. The van der Waals surface area contributed by atoms with Gasteiger partial charge in [-0.05, 0) is 30.7 Å². The van der Waals surface area contributed by atoms with E-state index >= 15 is 0 Å². The molecule has 2 heterocycles. The number of nitrogens with zero attached hydrogens (tertiary/aromatic N) is 2. The van der Waals surface area contributed by atoms with Crippen molar-refractivity contribution in [1.29, 1.82) is 0 Å². The third-order valence-electron chi connectivity index (χ3n) is 3.23. The fourth-order valence-corrected chi connectivity index (χ4v) is 2.52. The summed E-state index contributed by atoms with van der Waals surface area (Å²) in [5.74, 6) is 0. The summed E-state index contributed by atoms with van der Waals surface area (Å²) < 4.78 is 2.06. The van der Waals surface area contributed by atoms with E-state index in [1.807, 2.05) is 24.4 Å². The minimum absolute atomic E-state index is 0.788. The second-order valence-corrected chi connectivity index (χ2v) is 4.70. The molecular weight excluding hydrogens is 234 g/mol. The van der Waals surface area contributed by atoms with Gasteiger partial charge in [0.05, 0.1) is 6.20 Å². The molecule has 1 N–H and O–H groups in total. The number of aryl methyl sites for hydroxylation is 1. The van der Waals surface area contributed by atoms with Gasteiger partial charge in [0.2, 0.25) is 0 Å². The molecule has 0 spiro atoms. The lowest BCUT2D eigenvalue weighted by atomic mass is 10.1. The van der Waals surface area contributed by atoms with Crippen LogP contribution in [0.15, 0.2) is 24.4 Å². The van der Waals surface area contributed by atoms with E-state index in [0.29, 0.717) is 0 Å². The summed E-state index contributed by atoms with van der Waals surface area (Å²) in [6.07, 6.45) is 2.85. The highest BCUT2D eigenvalue weighted by molar-refractivity contribution is 6.30. The Morgan fingerprint density at radius 2 is 2.29 bits per heavy atom. The SMILES string of the molecule is CCn1ncc2c1Cc1cc(Cl)ccc1NC2. The topological polar surface area (TPSA) is 29.9 Å². The third kappa shape index (κ3) is 1.80. The van der Waals surface area contributed by atoms with Gasteiger partial charge in [0, 0.05) is 41.5 Å². The summed E-state index contributed by atoms with van der Waals surface area (Å²) in [5, 5.41) is 8.62. The first-order chi connectivity index (χ1) is 8.28. The van der Waals surface area contributed by atoms with E-state index in [9.17, 15) is 0 Å². The second kappa shape index (κ2) is 4.08. The van der Waals surface area contributed by atoms with Crippen molar-refractivity contribution < 1.29 is 0 Å². The predicted molar refractivity (Wildman–Crippen MR) is 69.5 cm³/mol. The molecule has 3 rings (SSSR count). The second-order valence-electron chi connectivity index (χ2n) is 4.26. The van der Waals surface area contributed by atoms with Crippen molar-refractivity contribution in [1.82, 2.24) is 9.78 Å². The predicted octanol–water partition coefficient (Wildman–Crippen LogP) is 3.07. The van der Waals surface area contributed by atoms with Crippen molar-refractivity contribution in [3.05, 3.63) is 46.2 Å². The van der Waals surface area contributed by atoms with Crippen molar-refractivity contribution in [2.24, 2.45) is 0 Å². The van der Waals surface area contributed by atoms with Crippen LogP contribution in [-0.4, -0.2) is 9.78 Å². The number of halogens is 1. The minimum Gasteiger partial charge on any atom is -0.381 e. The minimum atomic E-state index is 0.788. The van der Waals surface area contributed by atoms with E-state index in [-0.39, 0.29) is 0 Å². The first kappa shape index (κ1) is 10.7. The summed E-state index contributed by atoms with van der Waals surface area (Å²) >= 11 is 6.05. The van der Waals surface area contributed by atoms with Crippen LogP contribution in [0.3, 0.4) is 0 Å². The number of aromatic nitrogens is 2. The molecule has 0 aliphatic carbocycles. The van der Waals surface area contributed by atoms with Gasteiger partial charge in [-0.1, -0.05) is 11.6 Å². The van der Waals surface area contributed by atoms with Gasteiger partial charge in [-0.25, -0.2) is 0 Å². The Morgan fingerprint density at radius 3 is 3.12 bits per heavy atom. The molecular formula is C13H14ClN3. The molecule has 0 saturated carbocycles. The van der Waals surface area contributed by atoms with Crippen LogP contribution in [0.5, 0.6) is 0 Å². The largest absolute Gasteiger partial charge is 0.381 e. The molecule has 3 nitrogen and oxygen atoms in total. The molecule has 1 aliphatic heterocycles. The van der Waals surface area contributed by atoms with Crippen molar-refractivity contribution in [2.75, 3.05) is 5.32 Å². The molecule has 4 heteroatoms. The molecule has 2 aromatic rings. The fourth-order valence-electron chi connectivity index (χ4n) is 2.33. The van der Waals surface area contributed by atoms with Crippen LogP contribution in [0.4, 0.5) is 5.69 Å². The Morgan fingerprint density at radius 1 is 1.41 bits per heavy atom. The summed E-state index contributed by atoms with van der Waals surface area (Å²) in [6.45, 7) is 3.86. The summed E-state index contributed by atoms with van der Waals surface area (Å²) in [6, 6.07) is 6.01. The van der Waals surface area contributed by atoms with Gasteiger partial charge in [0.1, 0.15) is 0 Å². The number of hydrogen-bond acceptors (Lipinski definition) is 2. The first-order valence-corrected chi connectivity index (χ1v) is 6.21. The maximum absolute atomic E-state index is 6.05. The molecule has 0 unspecified atom stereocenters. The van der Waals surface area contributed by atoms with Gasteiger partial charge in [-0.3, -0.25) is 4.68 Å². The molecule has 1 aliphatic rings. The molecule has 0 saturated heterocycles. The Balaban J connectivity index is 2.08. The highest BCUT2D eigenvalue weighted by Crippen LogP contribution is 2.28. The van der Waals surface area contributed by atoms with E-state index in [2.05, 4.69) is 22.0 Å². The highest BCUT2D eigenvalue weighted by atomic mass is 35.5. The highest BCUT2D eigenvalue weighted by Gasteiger charge is 2.16. The third-order valence-corrected chi connectivity index (χ3v) is 3.46. The van der Waals surface area contributed by atoms with Gasteiger partial charge in [-0.2, -0.15) is 5.10 Å². The van der Waals surface area contributed by atoms with Crippen LogP contribution in [0.25, 0.3) is 0 Å². The smallest absolute Gasteiger partial charge is 0.0542 e. The maximum atomic E-state index is 6.05. The van der Waals surface area contributed by atoms with Crippen LogP contribution < -0.4 is 5.32 Å². The van der Waals surface area contributed by atoms with Gasteiger partial charge in [0.15, 0.2) is 0 Å². The van der Waals surface area contributed by atoms with Crippen LogP contribution in [0, 0.1) is 0 Å². The van der Waals surface area contributed by atoms with E-state index in [4.69, 9.17) is 11.6 Å². The average molecular weight is 248 g/mol. The number of benzene rings is 1. The van der Waals surface area contributed by atoms with Crippen molar-refractivity contribution in [3.8, 4) is 0 Å². The number of fused-ring (bicyclic) bond motifs is 2. The molecule has 1 aromatic carbocycles. The van der Waals surface area contributed by atoms with Crippen molar-refractivity contribution >= 4 is 17.3 Å². The quantitative estimate of drug-likeness (QED) is 0.839. The molecule has 0 amide bonds. The standard InChI is InChI=1S/C13H14ClN3/c1-2-17-13-6-9-5-11(14)3-4-12(9)15-7-10(13)8-16-17/h3-5,8,15H,2,6-7H2,1H3. The van der Waals surface area contributed by atoms with Crippen LogP contribution in [-0.2, 0) is 19.5 Å². The van der Waals surface area contributed by atoms with E-state index in [1.54, 1.807) is 0 Å². The zero-order chi connectivity index (χ0) is 11.8. The van der Waals surface area contributed by atoms with Crippen LogP contribution in [0.1, 0.15) is 23.7 Å². The van der Waals surface area contributed by atoms with Gasteiger partial charge in [0.25, 0.3) is 0 Å². The number of hydrogen-bond donors (Lipinski definition) is 1. The Labute approximate surface area is 105 Å². The number of nitrogens with one attached hydrogen (secondary N) is 1. The molecule has 1 aromatic heterocycles. The molecule has 17 heavy (non-hydrogen) atoms. The molecule has 88 valence electrons. The van der Waals surface area contributed by atoms with Gasteiger partial charge in [-0.15, -0.1) is 0 Å². The fraction of sp³-hybridized carbons (Fsp3) is 0.308. The van der Waals surface area contributed by atoms with E-state index in [1.165, 1.54) is 22.5 Å². The van der Waals surface area contributed by atoms with E-state index in [0.717, 1.165) is 24.5 Å². The van der Waals surface area contributed by atoms with Gasteiger partial charge >= 0.3 is 0 Å². The van der Waals surface area contributed by atoms with Crippen molar-refractivity contribution in [3.63, 3.8) is 0 Å². The Kier molecular flexibility index (Phi) is 2.56. The molecule has 0 atom stereocenters. The molecule has 0 fully saturated rings. The number of anilines is 1. The zero-order valence-electron chi connectivity index (χ0n) is 9.70. The van der Waals surface area contributed by atoms with Crippen molar-refractivity contribution in [2.45, 2.75) is 26.4 Å². The summed E-state index contributed by atoms with van der Waals surface area (Å²) in [4.78, 5) is 0. The maximum Gasteiger partial charge on any atom is 0.0542 e. The zero-order valence-corrected chi connectivity index (χ0v) is 10.5. The molecule has 0 bridgehead atoms. The first-order valence-electron chi connectivity index (χ1n) is 5.84. The lowest BCUT2D eigenvalue weighted by Crippen LogP contribution is -2.04. The Bertz CT molecular complexity index is 560. The van der Waals surface area contributed by atoms with Crippen LogP contribution in [0.2, 0.25) is 5.02 Å². The average Bonchev–Trinajstić information content (AvgIpc) is 2.62. The van der Waals surface area contributed by atoms with E-state index < -0.39 is 0 Å². The van der Waals surface area contributed by atoms with Crippen LogP contribution >= 0.6 is 11.6 Å². The Hall–Kier alpha value is -1.48. The summed E-state index contributed by atoms with van der Waals surface area (Å²) in [5.41, 5.74) is 4.99.